The van der Waals surface area contributed by atoms with Gasteiger partial charge in [-0.05, 0) is 42.5 Å². The summed E-state index contributed by atoms with van der Waals surface area (Å²) in [6, 6.07) is 20.3. The number of nitrogens with one attached hydrogen (secondary N) is 1. The van der Waals surface area contributed by atoms with E-state index < -0.39 is 0 Å². The van der Waals surface area contributed by atoms with Crippen molar-refractivity contribution in [3.05, 3.63) is 77.2 Å². The number of nitrogens with zero attached hydrogens (tertiary/aromatic N) is 2. The van der Waals surface area contributed by atoms with Crippen molar-refractivity contribution in [3.63, 3.8) is 0 Å². The zero-order valence-corrected chi connectivity index (χ0v) is 17.8. The maximum absolute atomic E-state index is 12.8. The third-order valence-electron chi connectivity index (χ3n) is 5.62. The molecule has 1 unspecified atom stereocenters. The van der Waals surface area contributed by atoms with Crippen LogP contribution in [0, 0.1) is 0 Å². The minimum absolute atomic E-state index is 0.0318. The molecule has 1 fully saturated rings. The Hall–Kier alpha value is -2.57. The fourth-order valence-electron chi connectivity index (χ4n) is 4.07. The second-order valence-corrected chi connectivity index (χ2v) is 8.49. The molecule has 4 rings (SSSR count). The van der Waals surface area contributed by atoms with Crippen LogP contribution in [0.4, 0.5) is 0 Å². The van der Waals surface area contributed by atoms with E-state index in [9.17, 15) is 9.59 Å². The number of amides is 2. The molecule has 2 aliphatic rings. The molecule has 2 aromatic carbocycles. The van der Waals surface area contributed by atoms with Gasteiger partial charge in [0.05, 0.1) is 17.5 Å². The molecule has 1 N–H and O–H groups in total. The van der Waals surface area contributed by atoms with Crippen molar-refractivity contribution in [1.82, 2.24) is 15.1 Å². The topological polar surface area (TPSA) is 52.7 Å². The number of likely N-dealkylation sites (tertiary alicyclic amines) is 1. The number of rotatable bonds is 7. The molecule has 1 atom stereocenters. The molecule has 0 spiro atoms. The van der Waals surface area contributed by atoms with E-state index in [0.29, 0.717) is 12.3 Å². The van der Waals surface area contributed by atoms with Gasteiger partial charge >= 0.3 is 0 Å². The molecule has 2 heterocycles. The molecule has 5 nitrogen and oxygen atoms in total. The molecule has 0 bridgehead atoms. The first-order valence-electron chi connectivity index (χ1n) is 10.5. The maximum atomic E-state index is 12.8. The Balaban J connectivity index is 1.43. The number of hydrogen-bond acceptors (Lipinski definition) is 4. The minimum Gasteiger partial charge on any atom is -0.353 e. The smallest absolute Gasteiger partial charge is 0.240 e. The second kappa shape index (κ2) is 9.96. The van der Waals surface area contributed by atoms with Gasteiger partial charge in [0.2, 0.25) is 11.8 Å². The van der Waals surface area contributed by atoms with E-state index in [0.717, 1.165) is 24.4 Å². The highest BCUT2D eigenvalue weighted by molar-refractivity contribution is 8.03. The normalized spacial score (nSPS) is 18.2. The van der Waals surface area contributed by atoms with Crippen molar-refractivity contribution < 1.29 is 9.59 Å². The predicted molar refractivity (Wildman–Crippen MR) is 122 cm³/mol. The summed E-state index contributed by atoms with van der Waals surface area (Å²) in [4.78, 5) is 29.4. The van der Waals surface area contributed by atoms with Gasteiger partial charge < -0.3 is 10.2 Å². The summed E-state index contributed by atoms with van der Waals surface area (Å²) in [5, 5.41) is 5.06. The largest absolute Gasteiger partial charge is 0.353 e. The predicted octanol–water partition coefficient (Wildman–Crippen LogP) is 3.51. The van der Waals surface area contributed by atoms with E-state index in [1.807, 2.05) is 53.9 Å². The highest BCUT2D eigenvalue weighted by Crippen LogP contribution is 2.28. The van der Waals surface area contributed by atoms with Crippen molar-refractivity contribution in [2.75, 3.05) is 31.9 Å². The summed E-state index contributed by atoms with van der Waals surface area (Å²) in [7, 11) is 0. The Bertz CT molecular complexity index is 895. The lowest BCUT2D eigenvalue weighted by Gasteiger charge is -2.30. The summed E-state index contributed by atoms with van der Waals surface area (Å²) in [5.74, 6) is 0.206. The van der Waals surface area contributed by atoms with Crippen LogP contribution in [0.1, 0.15) is 30.0 Å². The first-order chi connectivity index (χ1) is 14.7. The van der Waals surface area contributed by atoms with Crippen LogP contribution in [0.25, 0.3) is 5.70 Å². The van der Waals surface area contributed by atoms with Crippen molar-refractivity contribution in [1.29, 1.82) is 0 Å². The van der Waals surface area contributed by atoms with E-state index in [-0.39, 0.29) is 24.4 Å². The molecule has 2 aromatic rings. The summed E-state index contributed by atoms with van der Waals surface area (Å²) in [5.41, 5.74) is 2.96. The van der Waals surface area contributed by atoms with Gasteiger partial charge in [-0.2, -0.15) is 0 Å². The van der Waals surface area contributed by atoms with E-state index in [4.69, 9.17) is 0 Å². The lowest BCUT2D eigenvalue weighted by Crippen LogP contribution is -2.44. The zero-order valence-electron chi connectivity index (χ0n) is 17.0. The standard InChI is InChI=1S/C24H27N3O2S/c28-23(16-27-22(17-30-18-24(27)29)20-11-5-2-6-12-20)25-15-21(26-13-7-8-14-26)19-9-3-1-4-10-19/h1-6,9-12,17,21H,7-8,13-16,18H2,(H,25,28). The lowest BCUT2D eigenvalue weighted by atomic mass is 10.1. The van der Waals surface area contributed by atoms with Crippen molar-refractivity contribution in [3.8, 4) is 0 Å². The number of carbonyl (C=O) groups is 2. The monoisotopic (exact) mass is 421 g/mol. The first-order valence-corrected chi connectivity index (χ1v) is 11.5. The molecule has 0 radical (unpaired) electrons. The fraction of sp³-hybridized carbons (Fsp3) is 0.333. The highest BCUT2D eigenvalue weighted by atomic mass is 32.2. The molecule has 2 amide bonds. The Kier molecular flexibility index (Phi) is 6.87. The summed E-state index contributed by atoms with van der Waals surface area (Å²) >= 11 is 1.48. The Morgan fingerprint density at radius 1 is 1.00 bits per heavy atom. The zero-order chi connectivity index (χ0) is 20.8. The Labute approximate surface area is 182 Å². The highest BCUT2D eigenvalue weighted by Gasteiger charge is 2.27. The minimum atomic E-state index is -0.128. The lowest BCUT2D eigenvalue weighted by molar-refractivity contribution is -0.131. The SMILES string of the molecule is O=C(CN1C(=O)CSC=C1c1ccccc1)NCC(c1ccccc1)N1CCCC1. The maximum Gasteiger partial charge on any atom is 0.240 e. The van der Waals surface area contributed by atoms with Gasteiger partial charge in [0, 0.05) is 6.54 Å². The third-order valence-corrected chi connectivity index (χ3v) is 6.43. The molecule has 30 heavy (non-hydrogen) atoms. The van der Waals surface area contributed by atoms with Crippen LogP contribution in [0.15, 0.2) is 66.1 Å². The van der Waals surface area contributed by atoms with E-state index >= 15 is 0 Å². The van der Waals surface area contributed by atoms with Crippen LogP contribution in [-0.4, -0.2) is 53.5 Å². The van der Waals surface area contributed by atoms with E-state index in [2.05, 4.69) is 22.3 Å². The molecule has 1 saturated heterocycles. The number of thioether (sulfide) groups is 1. The van der Waals surface area contributed by atoms with E-state index in [1.165, 1.54) is 30.2 Å². The summed E-state index contributed by atoms with van der Waals surface area (Å²) < 4.78 is 0. The van der Waals surface area contributed by atoms with Crippen LogP contribution in [0.5, 0.6) is 0 Å². The number of carbonyl (C=O) groups excluding carboxylic acids is 2. The quantitative estimate of drug-likeness (QED) is 0.743. The van der Waals surface area contributed by atoms with Gasteiger partial charge in [-0.1, -0.05) is 60.7 Å². The Morgan fingerprint density at radius 3 is 2.37 bits per heavy atom. The van der Waals surface area contributed by atoms with Crippen molar-refractivity contribution in [2.45, 2.75) is 18.9 Å². The molecule has 156 valence electrons. The van der Waals surface area contributed by atoms with Gasteiger partial charge in [-0.3, -0.25) is 14.5 Å². The van der Waals surface area contributed by atoms with Gasteiger partial charge in [0.15, 0.2) is 0 Å². The van der Waals surface area contributed by atoms with Gasteiger partial charge in [-0.25, -0.2) is 0 Å². The summed E-state index contributed by atoms with van der Waals surface area (Å²) in [6.07, 6.45) is 2.39. The van der Waals surface area contributed by atoms with E-state index in [1.54, 1.807) is 4.90 Å². The molecule has 2 aliphatic heterocycles. The van der Waals surface area contributed by atoms with Crippen molar-refractivity contribution in [2.24, 2.45) is 0 Å². The van der Waals surface area contributed by atoms with Crippen LogP contribution in [-0.2, 0) is 9.59 Å². The second-order valence-electron chi connectivity index (χ2n) is 7.63. The molecule has 0 aromatic heterocycles. The van der Waals surface area contributed by atoms with Crippen LogP contribution in [0.3, 0.4) is 0 Å². The van der Waals surface area contributed by atoms with Crippen molar-refractivity contribution >= 4 is 29.3 Å². The molecule has 0 saturated carbocycles. The average Bonchev–Trinajstić information content (AvgIpc) is 3.31. The Morgan fingerprint density at radius 2 is 1.67 bits per heavy atom. The fourth-order valence-corrected chi connectivity index (χ4v) is 4.87. The average molecular weight is 422 g/mol. The number of hydrogen-bond donors (Lipinski definition) is 1. The van der Waals surface area contributed by atoms with Gasteiger partial charge in [0.1, 0.15) is 6.54 Å². The third kappa shape index (κ3) is 4.94. The molecular weight excluding hydrogens is 394 g/mol. The summed E-state index contributed by atoms with van der Waals surface area (Å²) in [6.45, 7) is 2.70. The first kappa shape index (κ1) is 20.7. The number of benzene rings is 2. The van der Waals surface area contributed by atoms with Crippen LogP contribution in [0.2, 0.25) is 0 Å². The molecular formula is C24H27N3O2S. The molecule has 6 heteroatoms. The van der Waals surface area contributed by atoms with Crippen LogP contribution < -0.4 is 5.32 Å². The van der Waals surface area contributed by atoms with Crippen LogP contribution >= 0.6 is 11.8 Å². The van der Waals surface area contributed by atoms with Gasteiger partial charge in [0.25, 0.3) is 0 Å². The molecule has 0 aliphatic carbocycles. The van der Waals surface area contributed by atoms with Gasteiger partial charge in [-0.15, -0.1) is 11.8 Å².